The SMILES string of the molecule is CO[Si](C)(OC)OCOC1CCO1. The Bertz CT molecular complexity index is 146. The minimum Gasteiger partial charge on any atom is -0.377 e. The van der Waals surface area contributed by atoms with Crippen LogP contribution in [0.15, 0.2) is 0 Å². The Labute approximate surface area is 79.2 Å². The maximum atomic E-state index is 5.33. The predicted molar refractivity (Wildman–Crippen MR) is 47.0 cm³/mol. The Morgan fingerprint density at radius 3 is 2.38 bits per heavy atom. The van der Waals surface area contributed by atoms with Crippen molar-refractivity contribution in [3.8, 4) is 0 Å². The van der Waals surface area contributed by atoms with Crippen molar-refractivity contribution in [3.63, 3.8) is 0 Å². The molecule has 0 aliphatic carbocycles. The molecule has 0 aromatic rings. The van der Waals surface area contributed by atoms with Gasteiger partial charge in [-0.15, -0.1) is 0 Å². The van der Waals surface area contributed by atoms with Crippen molar-refractivity contribution in [2.24, 2.45) is 0 Å². The van der Waals surface area contributed by atoms with E-state index in [1.54, 1.807) is 20.8 Å². The highest BCUT2D eigenvalue weighted by atomic mass is 28.4. The second-order valence-corrected chi connectivity index (χ2v) is 5.62. The Hall–Kier alpha value is 0.0169. The van der Waals surface area contributed by atoms with Crippen molar-refractivity contribution in [2.75, 3.05) is 27.6 Å². The molecule has 0 bridgehead atoms. The summed E-state index contributed by atoms with van der Waals surface area (Å²) < 4.78 is 25.8. The van der Waals surface area contributed by atoms with Gasteiger partial charge in [-0.3, -0.25) is 0 Å². The highest BCUT2D eigenvalue weighted by molar-refractivity contribution is 6.59. The Morgan fingerprint density at radius 2 is 2.00 bits per heavy atom. The lowest BCUT2D eigenvalue weighted by Crippen LogP contribution is -2.42. The smallest absolute Gasteiger partial charge is 0.377 e. The van der Waals surface area contributed by atoms with Crippen molar-refractivity contribution in [2.45, 2.75) is 19.3 Å². The highest BCUT2D eigenvalue weighted by Crippen LogP contribution is 2.13. The summed E-state index contributed by atoms with van der Waals surface area (Å²) in [7, 11) is 0.697. The monoisotopic (exact) mass is 208 g/mol. The van der Waals surface area contributed by atoms with Gasteiger partial charge in [-0.1, -0.05) is 0 Å². The first-order chi connectivity index (χ1) is 6.20. The summed E-state index contributed by atoms with van der Waals surface area (Å²) >= 11 is 0. The van der Waals surface area contributed by atoms with Crippen LogP contribution in [0.1, 0.15) is 6.42 Å². The molecule has 1 unspecified atom stereocenters. The largest absolute Gasteiger partial charge is 0.498 e. The van der Waals surface area contributed by atoms with Gasteiger partial charge in [0, 0.05) is 27.2 Å². The van der Waals surface area contributed by atoms with E-state index in [1.165, 1.54) is 0 Å². The highest BCUT2D eigenvalue weighted by Gasteiger charge is 2.32. The predicted octanol–water partition coefficient (Wildman–Crippen LogP) is 0.585. The Balaban J connectivity index is 2.08. The van der Waals surface area contributed by atoms with E-state index in [0.717, 1.165) is 13.0 Å². The minimum atomic E-state index is -2.43. The van der Waals surface area contributed by atoms with Crippen molar-refractivity contribution >= 4 is 8.80 Å². The summed E-state index contributed by atoms with van der Waals surface area (Å²) in [4.78, 5) is 0. The second kappa shape index (κ2) is 5.04. The molecule has 1 aliphatic heterocycles. The van der Waals surface area contributed by atoms with Crippen molar-refractivity contribution in [3.05, 3.63) is 0 Å². The molecule has 1 aliphatic rings. The van der Waals surface area contributed by atoms with E-state index in [-0.39, 0.29) is 13.1 Å². The number of hydrogen-bond donors (Lipinski definition) is 0. The van der Waals surface area contributed by atoms with Gasteiger partial charge in [0.25, 0.3) is 0 Å². The lowest BCUT2D eigenvalue weighted by atomic mass is 10.3. The molecule has 0 amide bonds. The van der Waals surface area contributed by atoms with E-state index < -0.39 is 8.80 Å². The molecular formula is C7H16O5Si. The van der Waals surface area contributed by atoms with Gasteiger partial charge in [-0.2, -0.15) is 0 Å². The minimum absolute atomic E-state index is 0.105. The summed E-state index contributed by atoms with van der Waals surface area (Å²) in [5.74, 6) is 0. The van der Waals surface area contributed by atoms with Gasteiger partial charge in [0.2, 0.25) is 0 Å². The average Bonchev–Trinajstić information content (AvgIpc) is 2.09. The maximum Gasteiger partial charge on any atom is 0.498 e. The summed E-state index contributed by atoms with van der Waals surface area (Å²) in [6.07, 6.45) is 0.827. The number of hydrogen-bond acceptors (Lipinski definition) is 5. The molecule has 0 aromatic heterocycles. The lowest BCUT2D eigenvalue weighted by Gasteiger charge is -2.28. The normalized spacial score (nSPS) is 22.8. The van der Waals surface area contributed by atoms with E-state index in [0.29, 0.717) is 0 Å². The van der Waals surface area contributed by atoms with Crippen LogP contribution in [0.4, 0.5) is 0 Å². The van der Waals surface area contributed by atoms with Gasteiger partial charge in [-0.05, 0) is 0 Å². The summed E-state index contributed by atoms with van der Waals surface area (Å²) in [6.45, 7) is 2.74. The van der Waals surface area contributed by atoms with Crippen molar-refractivity contribution < 1.29 is 22.8 Å². The molecule has 1 fully saturated rings. The zero-order valence-electron chi connectivity index (χ0n) is 8.24. The summed E-state index contributed by atoms with van der Waals surface area (Å²) in [6, 6.07) is 0. The van der Waals surface area contributed by atoms with Gasteiger partial charge in [-0.25, -0.2) is 0 Å². The van der Waals surface area contributed by atoms with Gasteiger partial charge in [0.05, 0.1) is 6.61 Å². The van der Waals surface area contributed by atoms with E-state index in [4.69, 9.17) is 22.8 Å². The van der Waals surface area contributed by atoms with Crippen LogP contribution in [-0.2, 0) is 22.8 Å². The zero-order valence-corrected chi connectivity index (χ0v) is 9.24. The topological polar surface area (TPSA) is 46.2 Å². The molecule has 0 spiro atoms. The standard InChI is InChI=1S/C7H16O5Si/c1-8-13(3,9-2)12-6-11-7-4-5-10-7/h7H,4-6H2,1-3H3. The van der Waals surface area contributed by atoms with Crippen LogP contribution < -0.4 is 0 Å². The van der Waals surface area contributed by atoms with E-state index in [9.17, 15) is 0 Å². The molecular weight excluding hydrogens is 192 g/mol. The fourth-order valence-electron chi connectivity index (χ4n) is 0.764. The fourth-order valence-corrected chi connectivity index (χ4v) is 1.45. The Morgan fingerprint density at radius 1 is 1.38 bits per heavy atom. The van der Waals surface area contributed by atoms with Crippen molar-refractivity contribution in [1.82, 2.24) is 0 Å². The fraction of sp³-hybridized carbons (Fsp3) is 1.00. The van der Waals surface area contributed by atoms with Crippen LogP contribution in [-0.4, -0.2) is 42.7 Å². The first-order valence-electron chi connectivity index (χ1n) is 4.17. The van der Waals surface area contributed by atoms with Gasteiger partial charge in [0.15, 0.2) is 6.29 Å². The maximum absolute atomic E-state index is 5.33. The van der Waals surface area contributed by atoms with E-state index in [1.807, 2.05) is 0 Å². The van der Waals surface area contributed by atoms with Gasteiger partial charge >= 0.3 is 8.80 Å². The molecule has 1 heterocycles. The third-order valence-electron chi connectivity index (χ3n) is 1.97. The van der Waals surface area contributed by atoms with Gasteiger partial charge < -0.3 is 22.8 Å². The van der Waals surface area contributed by atoms with Crippen LogP contribution in [0.2, 0.25) is 6.55 Å². The Kier molecular flexibility index (Phi) is 4.30. The second-order valence-electron chi connectivity index (χ2n) is 2.79. The molecule has 78 valence electrons. The quantitative estimate of drug-likeness (QED) is 0.472. The average molecular weight is 208 g/mol. The summed E-state index contributed by atoms with van der Waals surface area (Å²) in [5, 5.41) is 0. The van der Waals surface area contributed by atoms with E-state index in [2.05, 4.69) is 0 Å². The third-order valence-corrected chi connectivity index (χ3v) is 4.10. The molecule has 13 heavy (non-hydrogen) atoms. The summed E-state index contributed by atoms with van der Waals surface area (Å²) in [5.41, 5.74) is 0. The molecule has 5 nitrogen and oxygen atoms in total. The first kappa shape index (κ1) is 11.1. The van der Waals surface area contributed by atoms with Crippen LogP contribution in [0.5, 0.6) is 0 Å². The van der Waals surface area contributed by atoms with Crippen LogP contribution in [0.25, 0.3) is 0 Å². The molecule has 0 radical (unpaired) electrons. The number of ether oxygens (including phenoxy) is 2. The molecule has 0 N–H and O–H groups in total. The molecule has 1 saturated heterocycles. The van der Waals surface area contributed by atoms with Gasteiger partial charge in [0.1, 0.15) is 6.79 Å². The van der Waals surface area contributed by atoms with Crippen LogP contribution >= 0.6 is 0 Å². The lowest BCUT2D eigenvalue weighted by molar-refractivity contribution is -0.241. The molecule has 6 heteroatoms. The van der Waals surface area contributed by atoms with Crippen LogP contribution in [0, 0.1) is 0 Å². The van der Waals surface area contributed by atoms with E-state index >= 15 is 0 Å². The molecule has 0 aromatic carbocycles. The van der Waals surface area contributed by atoms with Crippen molar-refractivity contribution in [1.29, 1.82) is 0 Å². The first-order valence-corrected chi connectivity index (χ1v) is 6.40. The third kappa shape index (κ3) is 3.33. The zero-order chi connectivity index (χ0) is 9.73. The number of rotatable bonds is 6. The molecule has 1 rings (SSSR count). The molecule has 1 atom stereocenters. The molecule has 0 saturated carbocycles. The van der Waals surface area contributed by atoms with Crippen LogP contribution in [0.3, 0.4) is 0 Å².